The number of nitrogens with one attached hydrogen (secondary N) is 1. The SMILES string of the molecule is CC1=C(c2nc(-c3ccc(F)cc3)no2)C(c2cccc(F)c2)NC(=O)N1c1cccc(Cl)c1. The third-order valence-electron chi connectivity index (χ3n) is 5.49. The Morgan fingerprint density at radius 1 is 1.00 bits per heavy atom. The molecule has 1 aliphatic heterocycles. The molecule has 3 aromatic carbocycles. The lowest BCUT2D eigenvalue weighted by molar-refractivity contribution is 0.244. The molecule has 0 aliphatic carbocycles. The van der Waals surface area contributed by atoms with Gasteiger partial charge in [0.15, 0.2) is 0 Å². The Labute approximate surface area is 198 Å². The first-order valence-electron chi connectivity index (χ1n) is 10.3. The van der Waals surface area contributed by atoms with Gasteiger partial charge in [-0.15, -0.1) is 0 Å². The van der Waals surface area contributed by atoms with E-state index < -0.39 is 17.9 Å². The van der Waals surface area contributed by atoms with E-state index in [4.69, 9.17) is 16.1 Å². The van der Waals surface area contributed by atoms with Crippen LogP contribution in [0.3, 0.4) is 0 Å². The topological polar surface area (TPSA) is 71.3 Å². The van der Waals surface area contributed by atoms with Crippen LogP contribution in [0.1, 0.15) is 24.4 Å². The van der Waals surface area contributed by atoms with Gasteiger partial charge < -0.3 is 9.84 Å². The minimum absolute atomic E-state index is 0.137. The van der Waals surface area contributed by atoms with Gasteiger partial charge in [-0.05, 0) is 67.1 Å². The van der Waals surface area contributed by atoms with Crippen molar-refractivity contribution in [1.29, 1.82) is 0 Å². The molecule has 34 heavy (non-hydrogen) atoms. The van der Waals surface area contributed by atoms with Gasteiger partial charge >= 0.3 is 6.03 Å². The summed E-state index contributed by atoms with van der Waals surface area (Å²) in [5, 5.41) is 7.40. The van der Waals surface area contributed by atoms with Crippen LogP contribution in [-0.2, 0) is 0 Å². The standard InChI is InChI=1S/C25H17ClF2N4O2/c1-14-21(24-30-23(31-34-24)15-8-10-18(27)11-9-15)22(16-4-2-6-19(28)12-16)29-25(33)32(14)20-7-3-5-17(26)13-20/h2-13,22H,1H3,(H,29,33). The summed E-state index contributed by atoms with van der Waals surface area (Å²) in [7, 11) is 0. The van der Waals surface area contributed by atoms with Crippen molar-refractivity contribution in [3.8, 4) is 11.4 Å². The number of carbonyl (C=O) groups excluding carboxylic acids is 1. The highest BCUT2D eigenvalue weighted by atomic mass is 35.5. The molecule has 0 saturated heterocycles. The second kappa shape index (κ2) is 8.72. The van der Waals surface area contributed by atoms with Gasteiger partial charge in [-0.2, -0.15) is 4.98 Å². The molecule has 5 rings (SSSR count). The van der Waals surface area contributed by atoms with Crippen LogP contribution >= 0.6 is 11.6 Å². The highest BCUT2D eigenvalue weighted by Gasteiger charge is 2.36. The molecule has 1 atom stereocenters. The monoisotopic (exact) mass is 478 g/mol. The van der Waals surface area contributed by atoms with Gasteiger partial charge in [0.2, 0.25) is 5.82 Å². The minimum Gasteiger partial charge on any atom is -0.334 e. The first-order valence-corrected chi connectivity index (χ1v) is 10.7. The molecule has 6 nitrogen and oxygen atoms in total. The summed E-state index contributed by atoms with van der Waals surface area (Å²) in [4.78, 5) is 19.1. The van der Waals surface area contributed by atoms with E-state index >= 15 is 0 Å². The van der Waals surface area contributed by atoms with E-state index in [0.717, 1.165) is 0 Å². The van der Waals surface area contributed by atoms with Crippen LogP contribution in [-0.4, -0.2) is 16.2 Å². The van der Waals surface area contributed by atoms with E-state index in [9.17, 15) is 13.6 Å². The number of halogens is 3. The van der Waals surface area contributed by atoms with Crippen LogP contribution in [0.15, 0.2) is 83.0 Å². The largest absolute Gasteiger partial charge is 0.334 e. The number of benzene rings is 3. The summed E-state index contributed by atoms with van der Waals surface area (Å²) in [5.41, 5.74) is 2.61. The molecule has 1 N–H and O–H groups in total. The molecule has 1 aromatic heterocycles. The van der Waals surface area contributed by atoms with Crippen LogP contribution in [0.4, 0.5) is 19.3 Å². The van der Waals surface area contributed by atoms with E-state index in [-0.39, 0.29) is 17.5 Å². The number of amides is 2. The Hall–Kier alpha value is -4.04. The molecule has 0 radical (unpaired) electrons. The zero-order valence-corrected chi connectivity index (χ0v) is 18.6. The molecule has 1 aliphatic rings. The number of carbonyl (C=O) groups is 1. The Bertz CT molecular complexity index is 1420. The molecule has 1 unspecified atom stereocenters. The summed E-state index contributed by atoms with van der Waals surface area (Å²) in [5.74, 6) is -0.444. The van der Waals surface area contributed by atoms with E-state index in [1.54, 1.807) is 43.3 Å². The second-order valence-corrected chi connectivity index (χ2v) is 8.12. The first kappa shape index (κ1) is 21.8. The number of allylic oxidation sites excluding steroid dienone is 1. The summed E-state index contributed by atoms with van der Waals surface area (Å²) in [6.07, 6.45) is 0. The average Bonchev–Trinajstić information content (AvgIpc) is 3.29. The zero-order valence-electron chi connectivity index (χ0n) is 17.8. The predicted molar refractivity (Wildman–Crippen MR) is 124 cm³/mol. The Balaban J connectivity index is 1.66. The van der Waals surface area contributed by atoms with Crippen molar-refractivity contribution in [2.24, 2.45) is 0 Å². The summed E-state index contributed by atoms with van der Waals surface area (Å²) in [6, 6.07) is 17.3. The lowest BCUT2D eigenvalue weighted by Crippen LogP contribution is -2.46. The van der Waals surface area contributed by atoms with Crippen molar-refractivity contribution < 1.29 is 18.1 Å². The zero-order chi connectivity index (χ0) is 23.8. The molecular weight excluding hydrogens is 462 g/mol. The van der Waals surface area contributed by atoms with Crippen molar-refractivity contribution in [3.05, 3.63) is 107 Å². The van der Waals surface area contributed by atoms with Gasteiger partial charge in [0.25, 0.3) is 5.89 Å². The Kier molecular flexibility index (Phi) is 5.59. The summed E-state index contributed by atoms with van der Waals surface area (Å²) in [6.45, 7) is 1.74. The third-order valence-corrected chi connectivity index (χ3v) is 5.73. The van der Waals surface area contributed by atoms with Crippen LogP contribution < -0.4 is 10.2 Å². The fraction of sp³-hybridized carbons (Fsp3) is 0.0800. The maximum absolute atomic E-state index is 14.1. The Morgan fingerprint density at radius 2 is 1.76 bits per heavy atom. The average molecular weight is 479 g/mol. The number of nitrogens with zero attached hydrogens (tertiary/aromatic N) is 3. The number of rotatable bonds is 4. The van der Waals surface area contributed by atoms with Crippen molar-refractivity contribution in [3.63, 3.8) is 0 Å². The molecular formula is C25H17ClF2N4O2. The molecule has 2 amide bonds. The van der Waals surface area contributed by atoms with Crippen molar-refractivity contribution in [1.82, 2.24) is 15.5 Å². The van der Waals surface area contributed by atoms with Crippen LogP contribution in [0.5, 0.6) is 0 Å². The predicted octanol–water partition coefficient (Wildman–Crippen LogP) is 6.37. The fourth-order valence-corrected chi connectivity index (χ4v) is 4.12. The summed E-state index contributed by atoms with van der Waals surface area (Å²) >= 11 is 6.15. The molecule has 0 saturated carbocycles. The van der Waals surface area contributed by atoms with Crippen molar-refractivity contribution in [2.75, 3.05) is 4.90 Å². The van der Waals surface area contributed by atoms with E-state index in [2.05, 4.69) is 15.5 Å². The molecule has 170 valence electrons. The smallest absolute Gasteiger partial charge is 0.326 e. The molecule has 2 heterocycles. The fourth-order valence-electron chi connectivity index (χ4n) is 3.93. The molecule has 0 bridgehead atoms. The highest BCUT2D eigenvalue weighted by molar-refractivity contribution is 6.31. The second-order valence-electron chi connectivity index (χ2n) is 7.68. The van der Waals surface area contributed by atoms with Crippen molar-refractivity contribution in [2.45, 2.75) is 13.0 Å². The van der Waals surface area contributed by atoms with Gasteiger partial charge in [0.05, 0.1) is 17.3 Å². The number of urea groups is 1. The van der Waals surface area contributed by atoms with Gasteiger partial charge in [-0.3, -0.25) is 4.90 Å². The molecule has 4 aromatic rings. The van der Waals surface area contributed by atoms with E-state index in [0.29, 0.717) is 33.1 Å². The van der Waals surface area contributed by atoms with E-state index in [1.165, 1.54) is 41.3 Å². The van der Waals surface area contributed by atoms with Gasteiger partial charge in [0, 0.05) is 16.3 Å². The third kappa shape index (κ3) is 4.04. The molecule has 0 spiro atoms. The lowest BCUT2D eigenvalue weighted by atomic mass is 9.94. The van der Waals surface area contributed by atoms with E-state index in [1.807, 2.05) is 0 Å². The van der Waals surface area contributed by atoms with Gasteiger partial charge in [-0.1, -0.05) is 35.0 Å². The van der Waals surface area contributed by atoms with Crippen molar-refractivity contribution >= 4 is 28.9 Å². The van der Waals surface area contributed by atoms with Crippen LogP contribution in [0, 0.1) is 11.6 Å². The Morgan fingerprint density at radius 3 is 2.50 bits per heavy atom. The number of anilines is 1. The van der Waals surface area contributed by atoms with Gasteiger partial charge in [-0.25, -0.2) is 13.6 Å². The van der Waals surface area contributed by atoms with Gasteiger partial charge in [0.1, 0.15) is 11.6 Å². The maximum atomic E-state index is 14.1. The number of hydrogen-bond donors (Lipinski definition) is 1. The quantitative estimate of drug-likeness (QED) is 0.370. The van der Waals surface area contributed by atoms with Crippen LogP contribution in [0.25, 0.3) is 17.0 Å². The minimum atomic E-state index is -0.750. The first-order chi connectivity index (χ1) is 16.4. The lowest BCUT2D eigenvalue weighted by Gasteiger charge is -2.35. The number of aromatic nitrogens is 2. The maximum Gasteiger partial charge on any atom is 0.326 e. The molecule has 0 fully saturated rings. The molecule has 9 heteroatoms. The summed E-state index contributed by atoms with van der Waals surface area (Å²) < 4.78 is 33.0. The highest BCUT2D eigenvalue weighted by Crippen LogP contribution is 2.39. The van der Waals surface area contributed by atoms with Crippen LogP contribution in [0.2, 0.25) is 5.02 Å². The normalized spacial score (nSPS) is 16.1. The number of hydrogen-bond acceptors (Lipinski definition) is 4.